The lowest BCUT2D eigenvalue weighted by Crippen LogP contribution is -2.47. The van der Waals surface area contributed by atoms with Gasteiger partial charge in [-0.05, 0) is 13.8 Å². The average molecular weight is 376 g/mol. The van der Waals surface area contributed by atoms with E-state index in [1.807, 2.05) is 34.6 Å². The van der Waals surface area contributed by atoms with Crippen molar-refractivity contribution in [3.8, 4) is 0 Å². The minimum atomic E-state index is -0.226. The Morgan fingerprint density at radius 3 is 1.38 bits per heavy atom. The molecular weight excluding hydrogens is 340 g/mol. The van der Waals surface area contributed by atoms with E-state index in [0.717, 1.165) is 25.8 Å². The third kappa shape index (κ3) is 8.68. The highest BCUT2D eigenvalue weighted by molar-refractivity contribution is 5.60. The highest BCUT2D eigenvalue weighted by Crippen LogP contribution is 2.30. The molecule has 3 aliphatic heterocycles. The SMILES string of the molecule is CC(O)C1(C)COC1.CC1(C=O)COC1.CC1(CO)COC1.CCC=O. The van der Waals surface area contributed by atoms with E-state index in [1.54, 1.807) is 0 Å². The van der Waals surface area contributed by atoms with Crippen LogP contribution in [-0.4, -0.2) is 75.1 Å². The Morgan fingerprint density at radius 2 is 1.38 bits per heavy atom. The van der Waals surface area contributed by atoms with E-state index in [9.17, 15) is 9.59 Å². The topological polar surface area (TPSA) is 102 Å². The minimum Gasteiger partial charge on any atom is -0.396 e. The molecule has 3 aliphatic rings. The van der Waals surface area contributed by atoms with Crippen molar-refractivity contribution >= 4 is 12.6 Å². The molecule has 0 aromatic heterocycles. The highest BCUT2D eigenvalue weighted by Gasteiger charge is 2.37. The summed E-state index contributed by atoms with van der Waals surface area (Å²) in [5.74, 6) is 0. The smallest absolute Gasteiger partial charge is 0.130 e. The van der Waals surface area contributed by atoms with Gasteiger partial charge < -0.3 is 34.0 Å². The Bertz CT molecular complexity index is 391. The summed E-state index contributed by atoms with van der Waals surface area (Å²) < 4.78 is 14.6. The molecule has 3 saturated heterocycles. The van der Waals surface area contributed by atoms with Gasteiger partial charge in [0.15, 0.2) is 0 Å². The van der Waals surface area contributed by atoms with Crippen LogP contribution in [0.15, 0.2) is 0 Å². The molecule has 1 atom stereocenters. The number of aliphatic hydroxyl groups excluding tert-OH is 2. The largest absolute Gasteiger partial charge is 0.396 e. The monoisotopic (exact) mass is 376 g/mol. The van der Waals surface area contributed by atoms with E-state index in [2.05, 4.69) is 0 Å². The zero-order valence-electron chi connectivity index (χ0n) is 16.8. The Labute approximate surface area is 157 Å². The van der Waals surface area contributed by atoms with Gasteiger partial charge in [-0.15, -0.1) is 0 Å². The molecule has 0 aromatic carbocycles. The average Bonchev–Trinajstić information content (AvgIpc) is 2.56. The van der Waals surface area contributed by atoms with E-state index in [1.165, 1.54) is 0 Å². The molecule has 0 amide bonds. The maximum absolute atomic E-state index is 10.0. The fourth-order valence-electron chi connectivity index (χ4n) is 1.70. The summed E-state index contributed by atoms with van der Waals surface area (Å²) in [6, 6.07) is 0. The molecule has 2 N–H and O–H groups in total. The van der Waals surface area contributed by atoms with Crippen molar-refractivity contribution in [1.29, 1.82) is 0 Å². The molecule has 3 rings (SSSR count). The van der Waals surface area contributed by atoms with Gasteiger partial charge in [0.25, 0.3) is 0 Å². The zero-order valence-corrected chi connectivity index (χ0v) is 16.8. The number of aliphatic hydroxyl groups is 2. The van der Waals surface area contributed by atoms with Crippen LogP contribution in [0.2, 0.25) is 0 Å². The molecule has 154 valence electrons. The second-order valence-corrected chi connectivity index (χ2v) is 8.12. The van der Waals surface area contributed by atoms with Crippen molar-refractivity contribution in [2.75, 3.05) is 46.2 Å². The number of aldehydes is 2. The summed E-state index contributed by atoms with van der Waals surface area (Å²) in [6.45, 7) is 13.9. The Morgan fingerprint density at radius 1 is 0.962 bits per heavy atom. The van der Waals surface area contributed by atoms with Gasteiger partial charge >= 0.3 is 0 Å². The quantitative estimate of drug-likeness (QED) is 0.712. The molecule has 7 heteroatoms. The van der Waals surface area contributed by atoms with Crippen LogP contribution >= 0.6 is 0 Å². The first-order chi connectivity index (χ1) is 12.1. The van der Waals surface area contributed by atoms with Gasteiger partial charge in [-0.3, -0.25) is 0 Å². The number of carbonyl (C=O) groups excluding carboxylic acids is 2. The van der Waals surface area contributed by atoms with Crippen molar-refractivity contribution in [2.45, 2.75) is 47.1 Å². The van der Waals surface area contributed by atoms with Crippen LogP contribution in [0.3, 0.4) is 0 Å². The second kappa shape index (κ2) is 11.8. The molecule has 1 unspecified atom stereocenters. The van der Waals surface area contributed by atoms with E-state index in [4.69, 9.17) is 24.4 Å². The molecule has 0 aromatic rings. The molecule has 0 bridgehead atoms. The molecule has 3 heterocycles. The Balaban J connectivity index is 0.000000329. The number of carbonyl (C=O) groups is 2. The summed E-state index contributed by atoms with van der Waals surface area (Å²) in [5.41, 5.74) is 0.0139. The van der Waals surface area contributed by atoms with Crippen LogP contribution in [0.5, 0.6) is 0 Å². The maximum Gasteiger partial charge on any atom is 0.130 e. The fourth-order valence-corrected chi connectivity index (χ4v) is 1.70. The lowest BCUT2D eigenvalue weighted by atomic mass is 9.83. The van der Waals surface area contributed by atoms with Crippen LogP contribution in [0.25, 0.3) is 0 Å². The first-order valence-electron chi connectivity index (χ1n) is 9.02. The van der Waals surface area contributed by atoms with Crippen LogP contribution in [0.1, 0.15) is 41.0 Å². The Kier molecular flexibility index (Phi) is 11.4. The predicted octanol–water partition coefficient (Wildman–Crippen LogP) is 1.24. The summed E-state index contributed by atoms with van der Waals surface area (Å²) >= 11 is 0. The molecule has 0 saturated carbocycles. The van der Waals surface area contributed by atoms with E-state index >= 15 is 0 Å². The van der Waals surface area contributed by atoms with E-state index in [-0.39, 0.29) is 29.0 Å². The summed E-state index contributed by atoms with van der Waals surface area (Å²) in [7, 11) is 0. The van der Waals surface area contributed by atoms with Crippen molar-refractivity contribution in [3.63, 3.8) is 0 Å². The lowest BCUT2D eigenvalue weighted by Gasteiger charge is -2.40. The van der Waals surface area contributed by atoms with Crippen molar-refractivity contribution in [1.82, 2.24) is 0 Å². The summed E-state index contributed by atoms with van der Waals surface area (Å²) in [4.78, 5) is 19.2. The van der Waals surface area contributed by atoms with Gasteiger partial charge in [-0.25, -0.2) is 0 Å². The van der Waals surface area contributed by atoms with Gasteiger partial charge in [-0.1, -0.05) is 20.8 Å². The summed E-state index contributed by atoms with van der Waals surface area (Å²) in [5, 5.41) is 17.6. The fraction of sp³-hybridized carbons (Fsp3) is 0.895. The van der Waals surface area contributed by atoms with Gasteiger partial charge in [-0.2, -0.15) is 0 Å². The first-order valence-corrected chi connectivity index (χ1v) is 9.02. The molecule has 3 fully saturated rings. The van der Waals surface area contributed by atoms with Gasteiger partial charge in [0.05, 0.1) is 57.8 Å². The summed E-state index contributed by atoms with van der Waals surface area (Å²) in [6.07, 6.45) is 2.24. The number of ether oxygens (including phenoxy) is 3. The second-order valence-electron chi connectivity index (χ2n) is 8.12. The molecule has 26 heavy (non-hydrogen) atoms. The van der Waals surface area contributed by atoms with Crippen LogP contribution in [0, 0.1) is 16.2 Å². The normalized spacial score (nSPS) is 24.0. The van der Waals surface area contributed by atoms with E-state index < -0.39 is 0 Å². The van der Waals surface area contributed by atoms with Crippen LogP contribution < -0.4 is 0 Å². The van der Waals surface area contributed by atoms with Crippen LogP contribution in [0.4, 0.5) is 0 Å². The predicted molar refractivity (Wildman–Crippen MR) is 98.0 cm³/mol. The molecule has 0 aliphatic carbocycles. The number of hydrogen-bond acceptors (Lipinski definition) is 7. The third-order valence-corrected chi connectivity index (χ3v) is 4.47. The van der Waals surface area contributed by atoms with Crippen molar-refractivity contribution in [3.05, 3.63) is 0 Å². The van der Waals surface area contributed by atoms with Gasteiger partial charge in [0, 0.05) is 17.3 Å². The van der Waals surface area contributed by atoms with E-state index in [0.29, 0.717) is 32.8 Å². The number of hydrogen-bond donors (Lipinski definition) is 2. The van der Waals surface area contributed by atoms with Crippen molar-refractivity contribution in [2.24, 2.45) is 16.2 Å². The Hall–Kier alpha value is -0.860. The van der Waals surface area contributed by atoms with Gasteiger partial charge in [0.1, 0.15) is 12.6 Å². The standard InChI is InChI=1S/C6H12O2.C5H10O2.C5H8O2.C3H6O/c1-5(7)6(2)3-8-4-6;2*1-5(2-6)3-7-4-5;1-2-3-4/h5,7H,3-4H2,1-2H3;6H,2-4H2,1H3;2H,3-4H2,1H3;3H,2H2,1H3. The van der Waals surface area contributed by atoms with Crippen molar-refractivity contribution < 1.29 is 34.0 Å². The molecule has 0 radical (unpaired) electrons. The zero-order chi connectivity index (χ0) is 20.3. The number of rotatable bonds is 4. The van der Waals surface area contributed by atoms with Crippen LogP contribution in [-0.2, 0) is 23.8 Å². The first kappa shape index (κ1) is 25.1. The molecule has 7 nitrogen and oxygen atoms in total. The molecule has 0 spiro atoms. The third-order valence-electron chi connectivity index (χ3n) is 4.47. The maximum atomic E-state index is 10.0. The lowest BCUT2D eigenvalue weighted by molar-refractivity contribution is -0.155. The minimum absolute atomic E-state index is 0.0556. The van der Waals surface area contributed by atoms with Gasteiger partial charge in [0.2, 0.25) is 0 Å². The molecular formula is C19H36O7. The highest BCUT2D eigenvalue weighted by atomic mass is 16.5.